The molecule has 0 N–H and O–H groups in total. The summed E-state index contributed by atoms with van der Waals surface area (Å²) in [6.45, 7) is 3.56. The van der Waals surface area contributed by atoms with Crippen molar-refractivity contribution in [2.45, 2.75) is 13.8 Å². The van der Waals surface area contributed by atoms with Crippen LogP contribution in [-0.2, 0) is 0 Å². The van der Waals surface area contributed by atoms with Gasteiger partial charge in [-0.05, 0) is 49.2 Å². The van der Waals surface area contributed by atoms with Gasteiger partial charge in [-0.25, -0.2) is 9.18 Å². The maximum absolute atomic E-state index is 13.9. The molecule has 0 fully saturated rings. The largest absolute Gasteiger partial charge is 0.452 e. The maximum atomic E-state index is 13.9. The molecule has 0 saturated carbocycles. The van der Waals surface area contributed by atoms with Crippen molar-refractivity contribution in [1.29, 1.82) is 0 Å². The van der Waals surface area contributed by atoms with E-state index in [1.54, 1.807) is 43.3 Å². The predicted molar refractivity (Wildman–Crippen MR) is 107 cm³/mol. The van der Waals surface area contributed by atoms with E-state index in [1.165, 1.54) is 18.2 Å². The van der Waals surface area contributed by atoms with E-state index in [2.05, 4.69) is 0 Å². The number of halogens is 1. The molecule has 1 aliphatic rings. The van der Waals surface area contributed by atoms with Crippen LogP contribution in [0.3, 0.4) is 0 Å². The number of allylic oxidation sites excluding steroid dienone is 1. The van der Waals surface area contributed by atoms with Crippen molar-refractivity contribution >= 4 is 17.8 Å². The fraction of sp³-hybridized carbons (Fsp3) is 0.0833. The average Bonchev–Trinajstić information content (AvgIpc) is 2.99. The summed E-state index contributed by atoms with van der Waals surface area (Å²) in [5, 5.41) is 0. The van der Waals surface area contributed by atoms with Crippen molar-refractivity contribution in [3.8, 4) is 11.5 Å². The van der Waals surface area contributed by atoms with Gasteiger partial charge in [0, 0.05) is 11.6 Å². The Balaban J connectivity index is 1.64. The number of esters is 1. The minimum Gasteiger partial charge on any atom is -0.452 e. The fourth-order valence-corrected chi connectivity index (χ4v) is 3.23. The molecule has 3 aromatic rings. The number of fused-ring (bicyclic) bond motifs is 1. The van der Waals surface area contributed by atoms with E-state index in [4.69, 9.17) is 9.47 Å². The average molecular weight is 388 g/mol. The Kier molecular flexibility index (Phi) is 4.72. The van der Waals surface area contributed by atoms with Gasteiger partial charge in [0.2, 0.25) is 5.78 Å². The van der Waals surface area contributed by atoms with Crippen molar-refractivity contribution in [2.24, 2.45) is 0 Å². The molecule has 4 nitrogen and oxygen atoms in total. The van der Waals surface area contributed by atoms with Gasteiger partial charge in [-0.15, -0.1) is 0 Å². The lowest BCUT2D eigenvalue weighted by atomic mass is 10.0. The third-order valence-corrected chi connectivity index (χ3v) is 4.71. The first-order valence-electron chi connectivity index (χ1n) is 9.05. The molecule has 144 valence electrons. The van der Waals surface area contributed by atoms with Crippen LogP contribution >= 0.6 is 0 Å². The highest BCUT2D eigenvalue weighted by molar-refractivity contribution is 6.15. The lowest BCUT2D eigenvalue weighted by Gasteiger charge is -2.09. The van der Waals surface area contributed by atoms with Crippen LogP contribution in [0.25, 0.3) is 6.08 Å². The first-order valence-corrected chi connectivity index (χ1v) is 9.05. The van der Waals surface area contributed by atoms with E-state index in [0.29, 0.717) is 16.7 Å². The van der Waals surface area contributed by atoms with Crippen molar-refractivity contribution < 1.29 is 23.5 Å². The van der Waals surface area contributed by atoms with Crippen LogP contribution in [-0.4, -0.2) is 11.8 Å². The molecule has 0 saturated heterocycles. The number of carbonyl (C=O) groups is 2. The second kappa shape index (κ2) is 7.36. The molecule has 0 spiro atoms. The summed E-state index contributed by atoms with van der Waals surface area (Å²) in [5.41, 5.74) is 2.51. The molecule has 0 atom stereocenters. The molecule has 0 radical (unpaired) electrons. The molecular weight excluding hydrogens is 371 g/mol. The SMILES string of the molecule is Cc1ccccc1C(=O)Oc1cc(C)c2c(c1)O/C(=C\c1ccccc1F)C2=O. The van der Waals surface area contributed by atoms with Gasteiger partial charge < -0.3 is 9.47 Å². The smallest absolute Gasteiger partial charge is 0.343 e. The van der Waals surface area contributed by atoms with Crippen LogP contribution in [0.4, 0.5) is 4.39 Å². The second-order valence-electron chi connectivity index (χ2n) is 6.78. The number of rotatable bonds is 3. The quantitative estimate of drug-likeness (QED) is 0.348. The van der Waals surface area contributed by atoms with Crippen LogP contribution in [0.5, 0.6) is 11.5 Å². The van der Waals surface area contributed by atoms with E-state index < -0.39 is 11.8 Å². The Labute approximate surface area is 167 Å². The Morgan fingerprint density at radius 2 is 1.72 bits per heavy atom. The van der Waals surface area contributed by atoms with Gasteiger partial charge in [-0.2, -0.15) is 0 Å². The lowest BCUT2D eigenvalue weighted by Crippen LogP contribution is -2.10. The van der Waals surface area contributed by atoms with Crippen LogP contribution in [0.15, 0.2) is 66.4 Å². The van der Waals surface area contributed by atoms with Crippen LogP contribution in [0, 0.1) is 19.7 Å². The van der Waals surface area contributed by atoms with Gasteiger partial charge >= 0.3 is 5.97 Å². The Morgan fingerprint density at radius 1 is 1.00 bits per heavy atom. The van der Waals surface area contributed by atoms with Gasteiger partial charge in [-0.3, -0.25) is 4.79 Å². The highest BCUT2D eigenvalue weighted by Crippen LogP contribution is 2.38. The molecule has 5 heteroatoms. The monoisotopic (exact) mass is 388 g/mol. The Bertz CT molecular complexity index is 1180. The number of carbonyl (C=O) groups excluding carboxylic acids is 2. The summed E-state index contributed by atoms with van der Waals surface area (Å²) in [4.78, 5) is 25.2. The molecule has 0 aliphatic carbocycles. The van der Waals surface area contributed by atoms with Gasteiger partial charge in [0.15, 0.2) is 5.76 Å². The molecule has 29 heavy (non-hydrogen) atoms. The second-order valence-corrected chi connectivity index (χ2v) is 6.78. The number of Topliss-reactive ketones (excluding diaryl/α,β-unsaturated/α-hetero) is 1. The fourth-order valence-electron chi connectivity index (χ4n) is 3.23. The van der Waals surface area contributed by atoms with E-state index in [-0.39, 0.29) is 28.6 Å². The standard InChI is InChI=1S/C24H17FO4/c1-14-7-3-5-9-18(14)24(27)28-17-11-15(2)22-20(13-17)29-21(23(22)26)12-16-8-4-6-10-19(16)25/h3-13H,1-2H3/b21-12-. The zero-order valence-corrected chi connectivity index (χ0v) is 15.9. The zero-order chi connectivity index (χ0) is 20.5. The molecular formula is C24H17FO4. The van der Waals surface area contributed by atoms with E-state index in [1.807, 2.05) is 19.1 Å². The Morgan fingerprint density at radius 3 is 2.48 bits per heavy atom. The third-order valence-electron chi connectivity index (χ3n) is 4.71. The summed E-state index contributed by atoms with van der Waals surface area (Å²) in [5.74, 6) is -0.696. The summed E-state index contributed by atoms with van der Waals surface area (Å²) >= 11 is 0. The van der Waals surface area contributed by atoms with Crippen LogP contribution < -0.4 is 9.47 Å². The number of hydrogen-bond acceptors (Lipinski definition) is 4. The number of ketones is 1. The number of aryl methyl sites for hydroxylation is 2. The molecule has 0 aromatic heterocycles. The van der Waals surface area contributed by atoms with Gasteiger partial charge in [0.1, 0.15) is 17.3 Å². The predicted octanol–water partition coefficient (Wildman–Crippen LogP) is 5.28. The lowest BCUT2D eigenvalue weighted by molar-refractivity contribution is 0.0733. The maximum Gasteiger partial charge on any atom is 0.343 e. The molecule has 0 bridgehead atoms. The van der Waals surface area contributed by atoms with E-state index in [9.17, 15) is 14.0 Å². The molecule has 1 aliphatic heterocycles. The van der Waals surface area contributed by atoms with Gasteiger partial charge in [0.25, 0.3) is 0 Å². The molecule has 3 aromatic carbocycles. The molecule has 0 amide bonds. The van der Waals surface area contributed by atoms with Crippen molar-refractivity contribution in [1.82, 2.24) is 0 Å². The first kappa shape index (κ1) is 18.6. The number of ether oxygens (including phenoxy) is 2. The minimum atomic E-state index is -0.492. The highest BCUT2D eigenvalue weighted by atomic mass is 19.1. The summed E-state index contributed by atoms with van der Waals surface area (Å²) in [7, 11) is 0. The van der Waals surface area contributed by atoms with Gasteiger partial charge in [-0.1, -0.05) is 36.4 Å². The topological polar surface area (TPSA) is 52.6 Å². The zero-order valence-electron chi connectivity index (χ0n) is 15.9. The first-order chi connectivity index (χ1) is 13.9. The summed E-state index contributed by atoms with van der Waals surface area (Å²) in [6.07, 6.45) is 1.37. The van der Waals surface area contributed by atoms with Crippen molar-refractivity contribution in [3.63, 3.8) is 0 Å². The third kappa shape index (κ3) is 3.55. The molecule has 4 rings (SSSR count). The van der Waals surface area contributed by atoms with Crippen molar-refractivity contribution in [3.05, 3.63) is 100 Å². The number of hydrogen-bond donors (Lipinski definition) is 0. The summed E-state index contributed by atoms with van der Waals surface area (Å²) in [6, 6.07) is 16.4. The van der Waals surface area contributed by atoms with E-state index >= 15 is 0 Å². The minimum absolute atomic E-state index is 0.0237. The highest BCUT2D eigenvalue weighted by Gasteiger charge is 2.30. The molecule has 0 unspecified atom stereocenters. The molecule has 1 heterocycles. The van der Waals surface area contributed by atoms with Gasteiger partial charge in [0.05, 0.1) is 11.1 Å². The number of benzene rings is 3. The Hall–Kier alpha value is -3.73. The summed E-state index contributed by atoms with van der Waals surface area (Å²) < 4.78 is 25.1. The van der Waals surface area contributed by atoms with Crippen LogP contribution in [0.2, 0.25) is 0 Å². The normalized spacial score (nSPS) is 13.9. The van der Waals surface area contributed by atoms with E-state index in [0.717, 1.165) is 5.56 Å². The van der Waals surface area contributed by atoms with Crippen molar-refractivity contribution in [2.75, 3.05) is 0 Å². The van der Waals surface area contributed by atoms with Crippen LogP contribution in [0.1, 0.15) is 37.4 Å².